The van der Waals surface area contributed by atoms with E-state index in [1.165, 1.54) is 77.4 Å². The second-order valence-corrected chi connectivity index (χ2v) is 5.11. The van der Waals surface area contributed by atoms with Crippen LogP contribution in [0.25, 0.3) is 0 Å². The minimum atomic E-state index is 0.864. The number of hydrogen-bond acceptors (Lipinski definition) is 2. The van der Waals surface area contributed by atoms with Gasteiger partial charge in [-0.3, -0.25) is 0 Å². The van der Waals surface area contributed by atoms with E-state index in [0.29, 0.717) is 0 Å². The fourth-order valence-electron chi connectivity index (χ4n) is 2.33. The van der Waals surface area contributed by atoms with Gasteiger partial charge in [-0.15, -0.1) is 0 Å². The van der Waals surface area contributed by atoms with E-state index in [0.717, 1.165) is 6.54 Å². The number of nitrogens with two attached hydrogens (primary N) is 1. The van der Waals surface area contributed by atoms with Crippen LogP contribution in [0.4, 0.5) is 0 Å². The Kier molecular flexibility index (Phi) is 13.9. The molecule has 104 valence electrons. The van der Waals surface area contributed by atoms with Crippen molar-refractivity contribution in [2.24, 2.45) is 5.73 Å². The highest BCUT2D eigenvalue weighted by molar-refractivity contribution is 4.56. The van der Waals surface area contributed by atoms with Gasteiger partial charge < -0.3 is 10.6 Å². The Labute approximate surface area is 109 Å². The van der Waals surface area contributed by atoms with Gasteiger partial charge >= 0.3 is 0 Å². The Balaban J connectivity index is 3.23. The molecule has 0 radical (unpaired) electrons. The molecule has 0 unspecified atom stereocenters. The van der Waals surface area contributed by atoms with E-state index in [1.807, 2.05) is 0 Å². The number of rotatable bonds is 13. The van der Waals surface area contributed by atoms with Gasteiger partial charge in [-0.2, -0.15) is 0 Å². The van der Waals surface area contributed by atoms with Gasteiger partial charge in [-0.1, -0.05) is 46.0 Å². The summed E-state index contributed by atoms with van der Waals surface area (Å²) in [6, 6.07) is 0. The second-order valence-electron chi connectivity index (χ2n) is 5.11. The van der Waals surface area contributed by atoms with Gasteiger partial charge in [-0.25, -0.2) is 0 Å². The van der Waals surface area contributed by atoms with Crippen molar-refractivity contribution in [3.8, 4) is 0 Å². The maximum atomic E-state index is 5.48. The maximum Gasteiger partial charge on any atom is -0.00187 e. The summed E-state index contributed by atoms with van der Waals surface area (Å²) in [4.78, 5) is 2.62. The van der Waals surface area contributed by atoms with Gasteiger partial charge in [0.2, 0.25) is 0 Å². The Bertz CT molecular complexity index is 131. The normalized spacial score (nSPS) is 11.3. The Morgan fingerprint density at radius 1 is 0.647 bits per heavy atom. The summed E-state index contributed by atoms with van der Waals surface area (Å²) in [7, 11) is 0. The van der Waals surface area contributed by atoms with Gasteiger partial charge in [0.1, 0.15) is 0 Å². The average Bonchev–Trinajstić information content (AvgIpc) is 2.33. The quantitative estimate of drug-likeness (QED) is 0.498. The van der Waals surface area contributed by atoms with Crippen molar-refractivity contribution in [1.29, 1.82) is 0 Å². The van der Waals surface area contributed by atoms with Gasteiger partial charge in [-0.05, 0) is 51.9 Å². The van der Waals surface area contributed by atoms with Crippen LogP contribution in [0.2, 0.25) is 0 Å². The highest BCUT2D eigenvalue weighted by Crippen LogP contribution is 2.07. The fraction of sp³-hybridized carbons (Fsp3) is 1.00. The lowest BCUT2D eigenvalue weighted by Gasteiger charge is -2.20. The molecule has 0 aliphatic heterocycles. The van der Waals surface area contributed by atoms with Crippen LogP contribution in [0, 0.1) is 0 Å². The van der Waals surface area contributed by atoms with Gasteiger partial charge in [0.25, 0.3) is 0 Å². The third-order valence-corrected chi connectivity index (χ3v) is 3.26. The third-order valence-electron chi connectivity index (χ3n) is 3.26. The lowest BCUT2D eigenvalue weighted by atomic mass is 10.1. The lowest BCUT2D eigenvalue weighted by Crippen LogP contribution is -2.26. The predicted molar refractivity (Wildman–Crippen MR) is 78.4 cm³/mol. The van der Waals surface area contributed by atoms with Gasteiger partial charge in [0.05, 0.1) is 0 Å². The van der Waals surface area contributed by atoms with E-state index < -0.39 is 0 Å². The van der Waals surface area contributed by atoms with Crippen molar-refractivity contribution < 1.29 is 0 Å². The summed E-state index contributed by atoms with van der Waals surface area (Å²) in [5, 5.41) is 0. The SMILES string of the molecule is CCCN(CCC)CCCCCCCCCN. The molecule has 0 atom stereocenters. The molecular formula is C15H34N2. The van der Waals surface area contributed by atoms with Gasteiger partial charge in [0.15, 0.2) is 0 Å². The van der Waals surface area contributed by atoms with Crippen LogP contribution < -0.4 is 5.73 Å². The fourth-order valence-corrected chi connectivity index (χ4v) is 2.33. The van der Waals surface area contributed by atoms with Crippen molar-refractivity contribution in [1.82, 2.24) is 4.90 Å². The molecular weight excluding hydrogens is 208 g/mol. The Morgan fingerprint density at radius 2 is 1.12 bits per heavy atom. The molecule has 0 aromatic carbocycles. The second kappa shape index (κ2) is 14.0. The molecule has 2 N–H and O–H groups in total. The van der Waals surface area contributed by atoms with E-state index in [2.05, 4.69) is 18.7 Å². The molecule has 0 saturated heterocycles. The van der Waals surface area contributed by atoms with E-state index in [-0.39, 0.29) is 0 Å². The molecule has 0 aromatic heterocycles. The summed E-state index contributed by atoms with van der Waals surface area (Å²) in [5.41, 5.74) is 5.48. The average molecular weight is 242 g/mol. The van der Waals surface area contributed by atoms with Crippen molar-refractivity contribution >= 4 is 0 Å². The zero-order valence-corrected chi connectivity index (χ0v) is 12.2. The molecule has 0 amide bonds. The molecule has 0 heterocycles. The molecule has 0 aromatic rings. The maximum absolute atomic E-state index is 5.48. The molecule has 2 nitrogen and oxygen atoms in total. The van der Waals surface area contributed by atoms with Crippen LogP contribution in [0.15, 0.2) is 0 Å². The molecule has 0 bridgehead atoms. The molecule has 2 heteroatoms. The summed E-state index contributed by atoms with van der Waals surface area (Å²) < 4.78 is 0. The molecule has 0 saturated carbocycles. The van der Waals surface area contributed by atoms with Crippen molar-refractivity contribution in [3.05, 3.63) is 0 Å². The minimum absolute atomic E-state index is 0.864. The zero-order valence-electron chi connectivity index (χ0n) is 12.2. The van der Waals surface area contributed by atoms with Crippen molar-refractivity contribution in [3.63, 3.8) is 0 Å². The van der Waals surface area contributed by atoms with Crippen LogP contribution in [0.3, 0.4) is 0 Å². The van der Waals surface area contributed by atoms with E-state index in [9.17, 15) is 0 Å². The molecule has 0 rings (SSSR count). The first-order chi connectivity index (χ1) is 8.35. The van der Waals surface area contributed by atoms with Crippen LogP contribution in [0.1, 0.15) is 71.6 Å². The van der Waals surface area contributed by atoms with Crippen molar-refractivity contribution in [2.75, 3.05) is 26.2 Å². The van der Waals surface area contributed by atoms with Crippen molar-refractivity contribution in [2.45, 2.75) is 71.6 Å². The summed E-state index contributed by atoms with van der Waals surface area (Å²) in [5.74, 6) is 0. The Morgan fingerprint density at radius 3 is 1.59 bits per heavy atom. The number of nitrogens with zero attached hydrogens (tertiary/aromatic N) is 1. The highest BCUT2D eigenvalue weighted by Gasteiger charge is 2.01. The summed E-state index contributed by atoms with van der Waals surface area (Å²) >= 11 is 0. The van der Waals surface area contributed by atoms with E-state index in [4.69, 9.17) is 5.73 Å². The zero-order chi connectivity index (χ0) is 12.8. The van der Waals surface area contributed by atoms with Crippen LogP contribution >= 0.6 is 0 Å². The van der Waals surface area contributed by atoms with E-state index in [1.54, 1.807) is 0 Å². The predicted octanol–water partition coefficient (Wildman–Crippen LogP) is 3.80. The molecule has 0 fully saturated rings. The first-order valence-electron chi connectivity index (χ1n) is 7.77. The first kappa shape index (κ1) is 16.9. The monoisotopic (exact) mass is 242 g/mol. The smallest absolute Gasteiger partial charge is 0.00187 e. The minimum Gasteiger partial charge on any atom is -0.330 e. The van der Waals surface area contributed by atoms with E-state index >= 15 is 0 Å². The molecule has 0 spiro atoms. The number of unbranched alkanes of at least 4 members (excludes halogenated alkanes) is 6. The standard InChI is InChI=1S/C15H34N2/c1-3-13-17(14-4-2)15-11-9-7-5-6-8-10-12-16/h3-16H2,1-2H3. The van der Waals surface area contributed by atoms with Gasteiger partial charge in [0, 0.05) is 0 Å². The van der Waals surface area contributed by atoms with Crippen LogP contribution in [-0.4, -0.2) is 31.1 Å². The first-order valence-corrected chi connectivity index (χ1v) is 7.77. The molecule has 0 aliphatic carbocycles. The molecule has 0 aliphatic rings. The largest absolute Gasteiger partial charge is 0.330 e. The Hall–Kier alpha value is -0.0800. The number of hydrogen-bond donors (Lipinski definition) is 1. The highest BCUT2D eigenvalue weighted by atomic mass is 15.1. The van der Waals surface area contributed by atoms with Crippen LogP contribution in [-0.2, 0) is 0 Å². The summed E-state index contributed by atoms with van der Waals surface area (Å²) in [6.07, 6.45) is 12.1. The van der Waals surface area contributed by atoms with Crippen LogP contribution in [0.5, 0.6) is 0 Å². The third kappa shape index (κ3) is 12.2. The lowest BCUT2D eigenvalue weighted by molar-refractivity contribution is 0.267. The molecule has 17 heavy (non-hydrogen) atoms. The summed E-state index contributed by atoms with van der Waals surface area (Å²) in [6.45, 7) is 9.29. The topological polar surface area (TPSA) is 29.3 Å².